The number of nitrogens with two attached hydrogens (primary N) is 1. The standard InChI is InChI=1S/C12H23N3O/c1-14(11-5-3-2-4-6-11)12(16)9-15-7-10(13)8-15/h10-11H,2-9,13H2,1H3. The van der Waals surface area contributed by atoms with Crippen LogP contribution >= 0.6 is 0 Å². The Bertz CT molecular complexity index is 245. The van der Waals surface area contributed by atoms with Crippen molar-refractivity contribution in [2.75, 3.05) is 26.7 Å². The molecular weight excluding hydrogens is 202 g/mol. The van der Waals surface area contributed by atoms with Gasteiger partial charge in [0.15, 0.2) is 0 Å². The zero-order valence-electron chi connectivity index (χ0n) is 10.2. The Morgan fingerprint density at radius 2 is 1.94 bits per heavy atom. The summed E-state index contributed by atoms with van der Waals surface area (Å²) < 4.78 is 0. The maximum Gasteiger partial charge on any atom is 0.236 e. The van der Waals surface area contributed by atoms with Crippen molar-refractivity contribution in [3.63, 3.8) is 0 Å². The van der Waals surface area contributed by atoms with E-state index in [0.29, 0.717) is 12.6 Å². The van der Waals surface area contributed by atoms with Crippen molar-refractivity contribution in [2.45, 2.75) is 44.2 Å². The SMILES string of the molecule is CN(C(=O)CN1CC(N)C1)C1CCCCC1. The smallest absolute Gasteiger partial charge is 0.236 e. The first-order chi connectivity index (χ1) is 7.66. The molecule has 1 aliphatic heterocycles. The second kappa shape index (κ2) is 5.15. The molecule has 0 aromatic carbocycles. The highest BCUT2D eigenvalue weighted by Crippen LogP contribution is 2.21. The first-order valence-electron chi connectivity index (χ1n) is 6.40. The van der Waals surface area contributed by atoms with Crippen LogP contribution < -0.4 is 5.73 Å². The summed E-state index contributed by atoms with van der Waals surface area (Å²) in [6.07, 6.45) is 6.25. The minimum absolute atomic E-state index is 0.263. The number of likely N-dealkylation sites (N-methyl/N-ethyl adjacent to an activating group) is 1. The zero-order valence-corrected chi connectivity index (χ0v) is 10.2. The number of nitrogens with zero attached hydrogens (tertiary/aromatic N) is 2. The number of carbonyl (C=O) groups is 1. The predicted octanol–water partition coefficient (Wildman–Crippen LogP) is 0.420. The summed E-state index contributed by atoms with van der Waals surface area (Å²) in [6, 6.07) is 0.768. The number of hydrogen-bond acceptors (Lipinski definition) is 3. The summed E-state index contributed by atoms with van der Waals surface area (Å²) in [5.74, 6) is 0.263. The number of amides is 1. The Hall–Kier alpha value is -0.610. The normalized spacial score (nSPS) is 24.1. The lowest BCUT2D eigenvalue weighted by Gasteiger charge is -2.38. The van der Waals surface area contributed by atoms with Gasteiger partial charge < -0.3 is 10.6 Å². The van der Waals surface area contributed by atoms with Crippen LogP contribution in [0.2, 0.25) is 0 Å². The largest absolute Gasteiger partial charge is 0.342 e. The number of hydrogen-bond donors (Lipinski definition) is 1. The molecule has 0 atom stereocenters. The van der Waals surface area contributed by atoms with Gasteiger partial charge in [-0.3, -0.25) is 9.69 Å². The van der Waals surface area contributed by atoms with Crippen molar-refractivity contribution in [2.24, 2.45) is 5.73 Å². The summed E-state index contributed by atoms with van der Waals surface area (Å²) in [5.41, 5.74) is 5.70. The molecule has 0 spiro atoms. The summed E-state index contributed by atoms with van der Waals surface area (Å²) in [7, 11) is 1.96. The number of likely N-dealkylation sites (tertiary alicyclic amines) is 1. The third-order valence-corrected chi connectivity index (χ3v) is 3.86. The zero-order chi connectivity index (χ0) is 11.5. The molecule has 0 radical (unpaired) electrons. The molecule has 1 saturated heterocycles. The highest BCUT2D eigenvalue weighted by atomic mass is 16.2. The maximum absolute atomic E-state index is 12.0. The van der Waals surface area contributed by atoms with E-state index in [1.165, 1.54) is 32.1 Å². The number of rotatable bonds is 3. The van der Waals surface area contributed by atoms with E-state index in [0.717, 1.165) is 13.1 Å². The molecule has 2 aliphatic rings. The van der Waals surface area contributed by atoms with Gasteiger partial charge in [-0.05, 0) is 12.8 Å². The first kappa shape index (κ1) is 11.9. The molecular formula is C12H23N3O. The summed E-state index contributed by atoms with van der Waals surface area (Å²) in [6.45, 7) is 2.31. The van der Waals surface area contributed by atoms with Gasteiger partial charge in [-0.1, -0.05) is 19.3 Å². The third kappa shape index (κ3) is 2.74. The van der Waals surface area contributed by atoms with Crippen LogP contribution in [0.15, 0.2) is 0 Å². The Kier molecular flexibility index (Phi) is 3.82. The Balaban J connectivity index is 1.74. The van der Waals surface area contributed by atoms with Crippen LogP contribution in [0.5, 0.6) is 0 Å². The van der Waals surface area contributed by atoms with Crippen molar-refractivity contribution in [1.29, 1.82) is 0 Å². The van der Waals surface area contributed by atoms with Gasteiger partial charge in [-0.25, -0.2) is 0 Å². The predicted molar refractivity (Wildman–Crippen MR) is 64.1 cm³/mol. The van der Waals surface area contributed by atoms with Gasteiger partial charge in [-0.15, -0.1) is 0 Å². The molecule has 1 saturated carbocycles. The van der Waals surface area contributed by atoms with E-state index < -0.39 is 0 Å². The summed E-state index contributed by atoms with van der Waals surface area (Å²) >= 11 is 0. The van der Waals surface area contributed by atoms with Crippen LogP contribution in [0, 0.1) is 0 Å². The van der Waals surface area contributed by atoms with E-state index in [1.807, 2.05) is 11.9 Å². The molecule has 1 heterocycles. The third-order valence-electron chi connectivity index (χ3n) is 3.86. The molecule has 0 unspecified atom stereocenters. The van der Waals surface area contributed by atoms with Crippen molar-refractivity contribution < 1.29 is 4.79 Å². The van der Waals surface area contributed by atoms with Gasteiger partial charge in [0, 0.05) is 32.2 Å². The van der Waals surface area contributed by atoms with Crippen molar-refractivity contribution in [1.82, 2.24) is 9.80 Å². The van der Waals surface area contributed by atoms with Crippen LogP contribution in [-0.4, -0.2) is 54.5 Å². The van der Waals surface area contributed by atoms with Crippen molar-refractivity contribution in [3.8, 4) is 0 Å². The topological polar surface area (TPSA) is 49.6 Å². The molecule has 0 bridgehead atoms. The minimum Gasteiger partial charge on any atom is -0.342 e. The maximum atomic E-state index is 12.0. The van der Waals surface area contributed by atoms with Gasteiger partial charge in [0.25, 0.3) is 0 Å². The quantitative estimate of drug-likeness (QED) is 0.757. The summed E-state index contributed by atoms with van der Waals surface area (Å²) in [4.78, 5) is 16.1. The molecule has 2 N–H and O–H groups in total. The van der Waals surface area contributed by atoms with Crippen LogP contribution in [0.4, 0.5) is 0 Å². The van der Waals surface area contributed by atoms with E-state index in [2.05, 4.69) is 4.90 Å². The van der Waals surface area contributed by atoms with Gasteiger partial charge in [0.1, 0.15) is 0 Å². The minimum atomic E-state index is 0.263. The van der Waals surface area contributed by atoms with E-state index >= 15 is 0 Å². The van der Waals surface area contributed by atoms with E-state index in [-0.39, 0.29) is 11.9 Å². The van der Waals surface area contributed by atoms with E-state index in [9.17, 15) is 4.79 Å². The molecule has 16 heavy (non-hydrogen) atoms. The number of carbonyl (C=O) groups excluding carboxylic acids is 1. The fourth-order valence-corrected chi connectivity index (χ4v) is 2.71. The Morgan fingerprint density at radius 1 is 1.31 bits per heavy atom. The molecule has 2 fully saturated rings. The van der Waals surface area contributed by atoms with Crippen molar-refractivity contribution in [3.05, 3.63) is 0 Å². The van der Waals surface area contributed by atoms with Gasteiger partial charge in [-0.2, -0.15) is 0 Å². The monoisotopic (exact) mass is 225 g/mol. The molecule has 92 valence electrons. The van der Waals surface area contributed by atoms with Crippen LogP contribution in [0.3, 0.4) is 0 Å². The molecule has 1 aliphatic carbocycles. The second-order valence-electron chi connectivity index (χ2n) is 5.25. The lowest BCUT2D eigenvalue weighted by molar-refractivity contribution is -0.134. The summed E-state index contributed by atoms with van der Waals surface area (Å²) in [5, 5.41) is 0. The highest BCUT2D eigenvalue weighted by molar-refractivity contribution is 5.78. The van der Waals surface area contributed by atoms with Crippen LogP contribution in [0.25, 0.3) is 0 Å². The van der Waals surface area contributed by atoms with Gasteiger partial charge >= 0.3 is 0 Å². The van der Waals surface area contributed by atoms with Crippen LogP contribution in [0.1, 0.15) is 32.1 Å². The van der Waals surface area contributed by atoms with Gasteiger partial charge in [0.2, 0.25) is 5.91 Å². The second-order valence-corrected chi connectivity index (χ2v) is 5.25. The highest BCUT2D eigenvalue weighted by Gasteiger charge is 2.28. The lowest BCUT2D eigenvalue weighted by Crippen LogP contribution is -2.58. The van der Waals surface area contributed by atoms with E-state index in [4.69, 9.17) is 5.73 Å². The van der Waals surface area contributed by atoms with E-state index in [1.54, 1.807) is 0 Å². The van der Waals surface area contributed by atoms with Gasteiger partial charge in [0.05, 0.1) is 6.54 Å². The molecule has 0 aromatic heterocycles. The van der Waals surface area contributed by atoms with Crippen molar-refractivity contribution >= 4 is 5.91 Å². The molecule has 0 aromatic rings. The molecule has 2 rings (SSSR count). The van der Waals surface area contributed by atoms with Crippen LogP contribution in [-0.2, 0) is 4.79 Å². The fourth-order valence-electron chi connectivity index (χ4n) is 2.71. The first-order valence-corrected chi connectivity index (χ1v) is 6.40. The average Bonchev–Trinajstić information content (AvgIpc) is 2.27. The Morgan fingerprint density at radius 3 is 2.50 bits per heavy atom. The fraction of sp³-hybridized carbons (Fsp3) is 0.917. The lowest BCUT2D eigenvalue weighted by atomic mass is 9.94. The molecule has 4 heteroatoms. The molecule has 4 nitrogen and oxygen atoms in total. The molecule has 1 amide bonds. The Labute approximate surface area is 97.8 Å². The average molecular weight is 225 g/mol.